The van der Waals surface area contributed by atoms with E-state index in [9.17, 15) is 13.7 Å². The summed E-state index contributed by atoms with van der Waals surface area (Å²) in [4.78, 5) is 21.2. The summed E-state index contributed by atoms with van der Waals surface area (Å²) in [7, 11) is -4.27. The summed E-state index contributed by atoms with van der Waals surface area (Å²) in [5.74, 6) is 0.542. The Bertz CT molecular complexity index is 2020. The zero-order valence-corrected chi connectivity index (χ0v) is 26.6. The van der Waals surface area contributed by atoms with Gasteiger partial charge in [-0.05, 0) is 48.5 Å². The van der Waals surface area contributed by atoms with Gasteiger partial charge in [-0.15, -0.1) is 11.3 Å². The van der Waals surface area contributed by atoms with Crippen LogP contribution in [0.1, 0.15) is 30.3 Å². The lowest BCUT2D eigenvalue weighted by Crippen LogP contribution is -2.36. The molecule has 5 aromatic rings. The largest absolute Gasteiger partial charge is 0.378 e. The summed E-state index contributed by atoms with van der Waals surface area (Å²) in [6.45, 7) is 6.96. The van der Waals surface area contributed by atoms with Gasteiger partial charge in [0.15, 0.2) is 0 Å². The van der Waals surface area contributed by atoms with Crippen molar-refractivity contribution in [3.8, 4) is 27.9 Å². The van der Waals surface area contributed by atoms with Crippen LogP contribution >= 0.6 is 11.3 Å². The zero-order valence-electron chi connectivity index (χ0n) is 24.9. The Morgan fingerprint density at radius 1 is 1.04 bits per heavy atom. The summed E-state index contributed by atoms with van der Waals surface area (Å²) >= 11 is 1.45. The predicted molar refractivity (Wildman–Crippen MR) is 175 cm³/mol. The van der Waals surface area contributed by atoms with Crippen molar-refractivity contribution in [2.45, 2.75) is 24.7 Å². The molecule has 11 nitrogen and oxygen atoms in total. The number of hydrogen-bond acceptors (Lipinski definition) is 11. The molecular formula is C32H29FN8O3S2. The first-order chi connectivity index (χ1) is 22.2. The second-order valence-corrected chi connectivity index (χ2v) is 13.4. The van der Waals surface area contributed by atoms with Gasteiger partial charge >= 0.3 is 0 Å². The first kappa shape index (κ1) is 31.0. The SMILES string of the molecule is CC(C)c1nc(-c2ccc(F)c(NS(=O)(=O)c3ccccc3C#N)c2)c(-c2ccnc(Nc3ccc(N4CCOCC4)nc3)n2)s1. The van der Waals surface area contributed by atoms with Gasteiger partial charge < -0.3 is 15.0 Å². The van der Waals surface area contributed by atoms with Gasteiger partial charge in [-0.25, -0.2) is 32.7 Å². The Morgan fingerprint density at radius 2 is 1.85 bits per heavy atom. The van der Waals surface area contributed by atoms with E-state index in [1.165, 1.54) is 41.7 Å². The van der Waals surface area contributed by atoms with Crippen molar-refractivity contribution >= 4 is 44.5 Å². The lowest BCUT2D eigenvalue weighted by atomic mass is 10.1. The van der Waals surface area contributed by atoms with Gasteiger partial charge in [-0.1, -0.05) is 26.0 Å². The molecule has 2 N–H and O–H groups in total. The highest BCUT2D eigenvalue weighted by molar-refractivity contribution is 7.92. The second-order valence-electron chi connectivity index (χ2n) is 10.7. The van der Waals surface area contributed by atoms with E-state index in [-0.39, 0.29) is 22.1 Å². The molecular weight excluding hydrogens is 628 g/mol. The minimum Gasteiger partial charge on any atom is -0.378 e. The molecule has 1 saturated heterocycles. The Morgan fingerprint density at radius 3 is 2.59 bits per heavy atom. The van der Waals surface area contributed by atoms with Crippen molar-refractivity contribution in [3.05, 3.63) is 89.4 Å². The first-order valence-corrected chi connectivity index (χ1v) is 16.7. The number of halogens is 1. The molecule has 3 aromatic heterocycles. The van der Waals surface area contributed by atoms with Gasteiger partial charge in [-0.2, -0.15) is 5.26 Å². The predicted octanol–water partition coefficient (Wildman–Crippen LogP) is 6.18. The number of nitriles is 1. The molecule has 2 aromatic carbocycles. The maximum absolute atomic E-state index is 15.0. The number of nitrogens with one attached hydrogen (secondary N) is 2. The van der Waals surface area contributed by atoms with E-state index in [2.05, 4.69) is 24.9 Å². The van der Waals surface area contributed by atoms with Gasteiger partial charge in [0.1, 0.15) is 22.6 Å². The molecule has 0 aliphatic carbocycles. The summed E-state index contributed by atoms with van der Waals surface area (Å²) in [6.07, 6.45) is 3.36. The molecule has 0 spiro atoms. The molecule has 46 heavy (non-hydrogen) atoms. The number of sulfonamides is 1. The lowest BCUT2D eigenvalue weighted by molar-refractivity contribution is 0.122. The Balaban J connectivity index is 1.31. The van der Waals surface area contributed by atoms with Crippen LogP contribution in [0.4, 0.5) is 27.5 Å². The van der Waals surface area contributed by atoms with Gasteiger partial charge in [0, 0.05) is 30.8 Å². The fourth-order valence-corrected chi connectivity index (χ4v) is 7.09. The van der Waals surface area contributed by atoms with E-state index in [1.54, 1.807) is 30.6 Å². The summed E-state index contributed by atoms with van der Waals surface area (Å²) < 4.78 is 49.1. The fourth-order valence-electron chi connectivity index (χ4n) is 4.81. The minimum absolute atomic E-state index is 0.0491. The molecule has 0 atom stereocenters. The van der Waals surface area contributed by atoms with E-state index < -0.39 is 15.8 Å². The van der Waals surface area contributed by atoms with Crippen molar-refractivity contribution in [2.24, 2.45) is 0 Å². The minimum atomic E-state index is -4.27. The number of pyridine rings is 1. The van der Waals surface area contributed by atoms with E-state index >= 15 is 4.39 Å². The number of thiazole rings is 1. The van der Waals surface area contributed by atoms with Gasteiger partial charge in [0.05, 0.1) is 57.6 Å². The van der Waals surface area contributed by atoms with Crippen LogP contribution in [-0.4, -0.2) is 54.7 Å². The number of ether oxygens (including phenoxy) is 1. The molecule has 14 heteroatoms. The van der Waals surface area contributed by atoms with Crippen molar-refractivity contribution in [1.82, 2.24) is 19.9 Å². The Kier molecular flexibility index (Phi) is 8.89. The summed E-state index contributed by atoms with van der Waals surface area (Å²) in [5, 5.41) is 13.4. The average Bonchev–Trinajstić information content (AvgIpc) is 3.53. The van der Waals surface area contributed by atoms with Gasteiger partial charge in [-0.3, -0.25) is 4.72 Å². The van der Waals surface area contributed by atoms with E-state index in [1.807, 2.05) is 32.0 Å². The molecule has 0 bridgehead atoms. The number of hydrogen-bond donors (Lipinski definition) is 2. The maximum atomic E-state index is 15.0. The summed E-state index contributed by atoms with van der Waals surface area (Å²) in [5.41, 5.74) is 1.99. The molecule has 0 amide bonds. The van der Waals surface area contributed by atoms with Crippen LogP contribution in [0.5, 0.6) is 0 Å². The third kappa shape index (κ3) is 6.66. The highest BCUT2D eigenvalue weighted by Crippen LogP contribution is 2.40. The quantitative estimate of drug-likeness (QED) is 0.189. The molecule has 0 unspecified atom stereocenters. The number of rotatable bonds is 9. The molecule has 0 saturated carbocycles. The van der Waals surface area contributed by atoms with Crippen LogP contribution in [-0.2, 0) is 14.8 Å². The molecule has 6 rings (SSSR count). The summed E-state index contributed by atoms with van der Waals surface area (Å²) in [6, 6.07) is 17.3. The number of nitrogens with zero attached hydrogens (tertiary/aromatic N) is 6. The Hall–Kier alpha value is -4.97. The zero-order chi connectivity index (χ0) is 32.3. The fraction of sp³-hybridized carbons (Fsp3) is 0.219. The molecule has 1 aliphatic rings. The highest BCUT2D eigenvalue weighted by atomic mass is 32.2. The first-order valence-electron chi connectivity index (χ1n) is 14.4. The number of morpholine rings is 1. The third-order valence-corrected chi connectivity index (χ3v) is 9.95. The number of anilines is 4. The van der Waals surface area contributed by atoms with Crippen LogP contribution in [0, 0.1) is 17.1 Å². The van der Waals surface area contributed by atoms with Crippen molar-refractivity contribution in [2.75, 3.05) is 41.2 Å². The molecule has 234 valence electrons. The molecule has 0 radical (unpaired) electrons. The molecule has 1 aliphatic heterocycles. The van der Waals surface area contributed by atoms with E-state index in [0.717, 1.165) is 29.6 Å². The van der Waals surface area contributed by atoms with Crippen LogP contribution in [0.15, 0.2) is 78.0 Å². The molecule has 1 fully saturated rings. The van der Waals surface area contributed by atoms with Crippen molar-refractivity contribution in [3.63, 3.8) is 0 Å². The highest BCUT2D eigenvalue weighted by Gasteiger charge is 2.23. The second kappa shape index (κ2) is 13.2. The normalized spacial score (nSPS) is 13.4. The number of aromatic nitrogens is 4. The van der Waals surface area contributed by atoms with E-state index in [4.69, 9.17) is 14.7 Å². The average molecular weight is 657 g/mol. The third-order valence-electron chi connectivity index (χ3n) is 7.15. The van der Waals surface area contributed by atoms with Gasteiger partial charge in [0.25, 0.3) is 10.0 Å². The standard InChI is InChI=1S/C32H29FN8O3S2/c1-20(2)31-39-29(21-7-9-24(33)26(17-21)40-46(42,43)27-6-4-3-5-22(27)18-34)30(45-31)25-11-12-35-32(38-25)37-23-8-10-28(36-19-23)41-13-15-44-16-14-41/h3-12,17,19-20,40H,13-16H2,1-2H3,(H,35,37,38). The lowest BCUT2D eigenvalue weighted by Gasteiger charge is -2.27. The Labute approximate surface area is 269 Å². The smallest absolute Gasteiger partial charge is 0.263 e. The monoisotopic (exact) mass is 656 g/mol. The topological polar surface area (TPSA) is 146 Å². The van der Waals surface area contributed by atoms with Crippen LogP contribution < -0.4 is 14.9 Å². The van der Waals surface area contributed by atoms with E-state index in [0.29, 0.717) is 41.0 Å². The van der Waals surface area contributed by atoms with Gasteiger partial charge in [0.2, 0.25) is 5.95 Å². The molecule has 4 heterocycles. The maximum Gasteiger partial charge on any atom is 0.263 e. The van der Waals surface area contributed by atoms with Crippen molar-refractivity contribution in [1.29, 1.82) is 5.26 Å². The van der Waals surface area contributed by atoms with Crippen LogP contribution in [0.2, 0.25) is 0 Å². The van der Waals surface area contributed by atoms with Crippen LogP contribution in [0.3, 0.4) is 0 Å². The number of benzene rings is 2. The van der Waals surface area contributed by atoms with Crippen molar-refractivity contribution < 1.29 is 17.5 Å². The van der Waals surface area contributed by atoms with Crippen LogP contribution in [0.25, 0.3) is 21.8 Å².